The molecule has 170 valence electrons. The monoisotopic (exact) mass is 463 g/mol. The average Bonchev–Trinajstić information content (AvgIpc) is 3.26. The molecule has 1 aliphatic rings. The van der Waals surface area contributed by atoms with Gasteiger partial charge in [0.2, 0.25) is 0 Å². The zero-order chi connectivity index (χ0) is 23.0. The SMILES string of the molecule is COCc1c(C2CCS(=O)(=O)CC2)nc2c(-c3ccc(-c4ccccc4)nc3)cnn2c1N. The van der Waals surface area contributed by atoms with Gasteiger partial charge < -0.3 is 10.5 Å². The molecule has 5 rings (SSSR count). The largest absolute Gasteiger partial charge is 0.383 e. The van der Waals surface area contributed by atoms with Crippen molar-refractivity contribution in [1.82, 2.24) is 19.6 Å². The van der Waals surface area contributed by atoms with Gasteiger partial charge in [-0.2, -0.15) is 9.61 Å². The molecule has 0 radical (unpaired) electrons. The van der Waals surface area contributed by atoms with Crippen molar-refractivity contribution in [3.8, 4) is 22.4 Å². The Bertz CT molecular complexity index is 1390. The third-order valence-electron chi connectivity index (χ3n) is 6.19. The molecule has 9 heteroatoms. The van der Waals surface area contributed by atoms with Crippen molar-refractivity contribution in [3.05, 3.63) is 66.1 Å². The Morgan fingerprint density at radius 1 is 1.06 bits per heavy atom. The first kappa shape index (κ1) is 21.5. The highest BCUT2D eigenvalue weighted by Crippen LogP contribution is 2.35. The summed E-state index contributed by atoms with van der Waals surface area (Å²) in [4.78, 5) is 9.59. The average molecular weight is 464 g/mol. The molecule has 0 saturated carbocycles. The van der Waals surface area contributed by atoms with E-state index in [4.69, 9.17) is 15.5 Å². The van der Waals surface area contributed by atoms with Crippen molar-refractivity contribution < 1.29 is 13.2 Å². The predicted octanol–water partition coefficient (Wildman–Crippen LogP) is 3.48. The standard InChI is InChI=1S/C24H25N5O3S/c1-32-15-20-22(17-9-11-33(30,31)12-10-17)28-24-19(14-27-29(24)23(20)25)18-7-8-21(26-13-18)16-5-3-2-4-6-16/h2-8,13-14,17H,9-12,15,25H2,1H3. The van der Waals surface area contributed by atoms with E-state index in [-0.39, 0.29) is 24.0 Å². The van der Waals surface area contributed by atoms with Gasteiger partial charge in [0.1, 0.15) is 15.7 Å². The van der Waals surface area contributed by atoms with Crippen molar-refractivity contribution in [2.75, 3.05) is 24.3 Å². The van der Waals surface area contributed by atoms with Crippen LogP contribution < -0.4 is 5.73 Å². The predicted molar refractivity (Wildman–Crippen MR) is 127 cm³/mol. The molecule has 0 amide bonds. The number of methoxy groups -OCH3 is 1. The van der Waals surface area contributed by atoms with E-state index in [2.05, 4.69) is 10.1 Å². The lowest BCUT2D eigenvalue weighted by molar-refractivity contribution is 0.183. The first-order valence-electron chi connectivity index (χ1n) is 10.8. The first-order valence-corrected chi connectivity index (χ1v) is 12.7. The molecule has 1 saturated heterocycles. The lowest BCUT2D eigenvalue weighted by atomic mass is 9.94. The number of hydrogen-bond donors (Lipinski definition) is 1. The number of sulfone groups is 1. The Morgan fingerprint density at radius 3 is 2.48 bits per heavy atom. The highest BCUT2D eigenvalue weighted by atomic mass is 32.2. The van der Waals surface area contributed by atoms with E-state index < -0.39 is 9.84 Å². The number of pyridine rings is 1. The maximum absolute atomic E-state index is 12.0. The number of rotatable bonds is 5. The highest BCUT2D eigenvalue weighted by molar-refractivity contribution is 7.91. The molecule has 1 aromatic carbocycles. The molecule has 33 heavy (non-hydrogen) atoms. The molecule has 4 aromatic rings. The normalized spacial score (nSPS) is 16.3. The molecule has 1 aliphatic heterocycles. The van der Waals surface area contributed by atoms with Crippen molar-refractivity contribution >= 4 is 21.3 Å². The molecule has 0 atom stereocenters. The summed E-state index contributed by atoms with van der Waals surface area (Å²) in [6.45, 7) is 0.288. The van der Waals surface area contributed by atoms with Crippen LogP contribution in [0.2, 0.25) is 0 Å². The number of aromatic nitrogens is 4. The summed E-state index contributed by atoms with van der Waals surface area (Å²) in [5.74, 6) is 0.791. The van der Waals surface area contributed by atoms with Crippen molar-refractivity contribution in [3.63, 3.8) is 0 Å². The molecular weight excluding hydrogens is 438 g/mol. The smallest absolute Gasteiger partial charge is 0.165 e. The molecule has 3 aromatic heterocycles. The fourth-order valence-electron chi connectivity index (χ4n) is 4.40. The van der Waals surface area contributed by atoms with E-state index >= 15 is 0 Å². The molecule has 0 bridgehead atoms. The number of ether oxygens (including phenoxy) is 1. The number of fused-ring (bicyclic) bond motifs is 1. The summed E-state index contributed by atoms with van der Waals surface area (Å²) in [6.07, 6.45) is 4.60. The number of anilines is 1. The molecule has 2 N–H and O–H groups in total. The Balaban J connectivity index is 1.58. The second-order valence-electron chi connectivity index (χ2n) is 8.31. The van der Waals surface area contributed by atoms with E-state index in [1.54, 1.807) is 17.8 Å². The van der Waals surface area contributed by atoms with Gasteiger partial charge in [0.15, 0.2) is 5.65 Å². The number of benzene rings is 1. The fourth-order valence-corrected chi connectivity index (χ4v) is 5.89. The van der Waals surface area contributed by atoms with Crippen molar-refractivity contribution in [2.24, 2.45) is 0 Å². The number of hydrogen-bond acceptors (Lipinski definition) is 7. The van der Waals surface area contributed by atoms with E-state index in [1.165, 1.54) is 0 Å². The Morgan fingerprint density at radius 2 is 1.82 bits per heavy atom. The lowest BCUT2D eigenvalue weighted by Gasteiger charge is -2.24. The highest BCUT2D eigenvalue weighted by Gasteiger charge is 2.29. The molecule has 8 nitrogen and oxygen atoms in total. The van der Waals surface area contributed by atoms with Gasteiger partial charge in [0.25, 0.3) is 0 Å². The van der Waals surface area contributed by atoms with Crippen LogP contribution in [0.1, 0.15) is 30.0 Å². The minimum Gasteiger partial charge on any atom is -0.383 e. The quantitative estimate of drug-likeness (QED) is 0.482. The summed E-state index contributed by atoms with van der Waals surface area (Å²) in [6, 6.07) is 14.0. The minimum absolute atomic E-state index is 0.00677. The summed E-state index contributed by atoms with van der Waals surface area (Å²) in [5, 5.41) is 4.48. The molecule has 0 aliphatic carbocycles. The van der Waals surface area contributed by atoms with Gasteiger partial charge in [-0.3, -0.25) is 4.98 Å². The van der Waals surface area contributed by atoms with E-state index in [0.29, 0.717) is 24.3 Å². The summed E-state index contributed by atoms with van der Waals surface area (Å²) >= 11 is 0. The summed E-state index contributed by atoms with van der Waals surface area (Å²) < 4.78 is 30.9. The van der Waals surface area contributed by atoms with Crippen LogP contribution >= 0.6 is 0 Å². The van der Waals surface area contributed by atoms with Crippen LogP contribution in [0.4, 0.5) is 5.82 Å². The van der Waals surface area contributed by atoms with Crippen LogP contribution in [-0.4, -0.2) is 46.6 Å². The third-order valence-corrected chi connectivity index (χ3v) is 7.91. The van der Waals surface area contributed by atoms with Gasteiger partial charge >= 0.3 is 0 Å². The fraction of sp³-hybridized carbons (Fsp3) is 0.292. The van der Waals surface area contributed by atoms with Crippen LogP contribution in [-0.2, 0) is 21.2 Å². The van der Waals surface area contributed by atoms with Gasteiger partial charge in [-0.1, -0.05) is 36.4 Å². The van der Waals surface area contributed by atoms with E-state index in [9.17, 15) is 8.42 Å². The maximum atomic E-state index is 12.0. The zero-order valence-corrected chi connectivity index (χ0v) is 19.1. The lowest BCUT2D eigenvalue weighted by Crippen LogP contribution is -2.24. The minimum atomic E-state index is -2.98. The van der Waals surface area contributed by atoms with Crippen molar-refractivity contribution in [1.29, 1.82) is 0 Å². The second kappa shape index (κ2) is 8.57. The van der Waals surface area contributed by atoms with Crippen LogP contribution in [0.25, 0.3) is 28.0 Å². The molecule has 0 spiro atoms. The van der Waals surface area contributed by atoms with E-state index in [1.807, 2.05) is 48.7 Å². The Kier molecular flexibility index (Phi) is 5.59. The number of nitrogens with zero attached hydrogens (tertiary/aromatic N) is 4. The first-order chi connectivity index (χ1) is 16.0. The second-order valence-corrected chi connectivity index (χ2v) is 10.6. The maximum Gasteiger partial charge on any atom is 0.165 e. The summed E-state index contributed by atoms with van der Waals surface area (Å²) in [5.41, 5.74) is 12.3. The molecule has 0 unspecified atom stereocenters. The van der Waals surface area contributed by atoms with Crippen LogP contribution in [0.15, 0.2) is 54.9 Å². The van der Waals surface area contributed by atoms with Gasteiger partial charge in [0.05, 0.1) is 35.7 Å². The third kappa shape index (κ3) is 4.09. The van der Waals surface area contributed by atoms with E-state index in [0.717, 1.165) is 33.6 Å². The molecule has 4 heterocycles. The zero-order valence-electron chi connectivity index (χ0n) is 18.3. The Hall–Kier alpha value is -3.30. The van der Waals surface area contributed by atoms with Crippen LogP contribution in [0, 0.1) is 0 Å². The number of nitrogen functional groups attached to an aromatic ring is 1. The number of nitrogens with two attached hydrogens (primary N) is 1. The van der Waals surface area contributed by atoms with Gasteiger partial charge in [-0.05, 0) is 18.9 Å². The topological polar surface area (TPSA) is 112 Å². The van der Waals surface area contributed by atoms with Crippen LogP contribution in [0.3, 0.4) is 0 Å². The van der Waals surface area contributed by atoms with Crippen LogP contribution in [0.5, 0.6) is 0 Å². The van der Waals surface area contributed by atoms with Gasteiger partial charge in [0, 0.05) is 41.5 Å². The summed E-state index contributed by atoms with van der Waals surface area (Å²) in [7, 11) is -1.38. The molecule has 1 fully saturated rings. The molecular formula is C24H25N5O3S. The van der Waals surface area contributed by atoms with Gasteiger partial charge in [-0.25, -0.2) is 13.4 Å². The van der Waals surface area contributed by atoms with Gasteiger partial charge in [-0.15, -0.1) is 0 Å². The van der Waals surface area contributed by atoms with Crippen molar-refractivity contribution in [2.45, 2.75) is 25.4 Å². The Labute approximate surface area is 192 Å².